The Morgan fingerprint density at radius 3 is 2.38 bits per heavy atom. The largest absolute Gasteiger partial charge is 0.508 e. The van der Waals surface area contributed by atoms with Crippen molar-refractivity contribution in [3.63, 3.8) is 0 Å². The average molecular weight is 285 g/mol. The van der Waals surface area contributed by atoms with E-state index in [0.717, 1.165) is 22.4 Å². The van der Waals surface area contributed by atoms with Crippen molar-refractivity contribution in [2.24, 2.45) is 0 Å². The van der Waals surface area contributed by atoms with Gasteiger partial charge >= 0.3 is 0 Å². The number of nitrogens with one attached hydrogen (secondary N) is 1. The van der Waals surface area contributed by atoms with Gasteiger partial charge in [0, 0.05) is 23.2 Å². The summed E-state index contributed by atoms with van der Waals surface area (Å²) in [6.45, 7) is 6.18. The minimum atomic E-state index is 0.0461. The molecule has 3 nitrogen and oxygen atoms in total. The Morgan fingerprint density at radius 1 is 1.00 bits per heavy atom. The van der Waals surface area contributed by atoms with Gasteiger partial charge < -0.3 is 15.2 Å². The zero-order valence-corrected chi connectivity index (χ0v) is 13.1. The first-order valence-corrected chi connectivity index (χ1v) is 7.21. The third-order valence-electron chi connectivity index (χ3n) is 3.75. The summed E-state index contributed by atoms with van der Waals surface area (Å²) in [5, 5.41) is 13.5. The number of phenolic OH excluding ortho intramolecular Hbond substituents is 1. The molecule has 0 radical (unpaired) electrons. The van der Waals surface area contributed by atoms with Gasteiger partial charge in [0.2, 0.25) is 0 Å². The molecule has 0 bridgehead atoms. The molecule has 3 heteroatoms. The highest BCUT2D eigenvalue weighted by atomic mass is 16.5. The van der Waals surface area contributed by atoms with E-state index in [-0.39, 0.29) is 12.1 Å². The highest BCUT2D eigenvalue weighted by Crippen LogP contribution is 2.30. The maximum absolute atomic E-state index is 10.0. The zero-order valence-electron chi connectivity index (χ0n) is 13.1. The monoisotopic (exact) mass is 285 g/mol. The maximum atomic E-state index is 10.0. The van der Waals surface area contributed by atoms with Gasteiger partial charge in [-0.2, -0.15) is 0 Å². The van der Waals surface area contributed by atoms with E-state index in [1.165, 1.54) is 0 Å². The van der Waals surface area contributed by atoms with Crippen LogP contribution in [0.1, 0.15) is 42.6 Å². The number of benzene rings is 2. The van der Waals surface area contributed by atoms with Crippen molar-refractivity contribution in [3.05, 3.63) is 59.2 Å². The molecule has 2 unspecified atom stereocenters. The van der Waals surface area contributed by atoms with Crippen LogP contribution in [-0.4, -0.2) is 12.2 Å². The van der Waals surface area contributed by atoms with Crippen molar-refractivity contribution in [2.75, 3.05) is 7.11 Å². The fourth-order valence-corrected chi connectivity index (χ4v) is 2.60. The topological polar surface area (TPSA) is 41.5 Å². The van der Waals surface area contributed by atoms with E-state index in [9.17, 15) is 5.11 Å². The smallest absolute Gasteiger partial charge is 0.123 e. The number of phenols is 1. The fraction of sp³-hybridized carbons (Fsp3) is 0.333. The molecule has 0 amide bonds. The number of aromatic hydroxyl groups is 1. The second-order valence-electron chi connectivity index (χ2n) is 5.41. The summed E-state index contributed by atoms with van der Waals surface area (Å²) in [6.07, 6.45) is 0. The number of para-hydroxylation sites is 1. The van der Waals surface area contributed by atoms with Crippen LogP contribution in [0, 0.1) is 6.92 Å². The maximum Gasteiger partial charge on any atom is 0.123 e. The summed E-state index contributed by atoms with van der Waals surface area (Å²) in [4.78, 5) is 0. The van der Waals surface area contributed by atoms with E-state index in [1.807, 2.05) is 37.3 Å². The van der Waals surface area contributed by atoms with E-state index in [1.54, 1.807) is 13.2 Å². The third kappa shape index (κ3) is 3.56. The van der Waals surface area contributed by atoms with Crippen molar-refractivity contribution in [3.8, 4) is 11.5 Å². The molecule has 0 aliphatic heterocycles. The van der Waals surface area contributed by atoms with Crippen LogP contribution in [0.15, 0.2) is 42.5 Å². The first-order chi connectivity index (χ1) is 10.0. The van der Waals surface area contributed by atoms with Crippen LogP contribution in [0.4, 0.5) is 0 Å². The minimum Gasteiger partial charge on any atom is -0.508 e. The van der Waals surface area contributed by atoms with Crippen molar-refractivity contribution in [1.29, 1.82) is 0 Å². The molecule has 0 saturated heterocycles. The molecule has 0 aliphatic rings. The Hall–Kier alpha value is -2.00. The van der Waals surface area contributed by atoms with Gasteiger partial charge in [-0.1, -0.05) is 35.9 Å². The molecule has 0 aliphatic carbocycles. The number of rotatable bonds is 5. The van der Waals surface area contributed by atoms with E-state index in [2.05, 4.69) is 25.2 Å². The Bertz CT molecular complexity index is 610. The summed E-state index contributed by atoms with van der Waals surface area (Å²) in [7, 11) is 1.68. The van der Waals surface area contributed by atoms with Crippen LogP contribution in [-0.2, 0) is 0 Å². The molecule has 2 rings (SSSR count). The van der Waals surface area contributed by atoms with Gasteiger partial charge in [0.05, 0.1) is 7.11 Å². The third-order valence-corrected chi connectivity index (χ3v) is 3.75. The standard InChI is InChI=1S/C18H23NO2/c1-12-9-10-17(20)16(11-12)14(3)19-13(2)15-7-5-6-8-18(15)21-4/h5-11,13-14,19-20H,1-4H3. The molecular formula is C18H23NO2. The van der Waals surface area contributed by atoms with E-state index in [0.29, 0.717) is 5.75 Å². The van der Waals surface area contributed by atoms with Crippen LogP contribution in [0.3, 0.4) is 0 Å². The average Bonchev–Trinajstić information content (AvgIpc) is 2.49. The molecule has 0 heterocycles. The van der Waals surface area contributed by atoms with Crippen molar-refractivity contribution >= 4 is 0 Å². The van der Waals surface area contributed by atoms with Gasteiger partial charge in [-0.25, -0.2) is 0 Å². The first-order valence-electron chi connectivity index (χ1n) is 7.21. The Balaban J connectivity index is 2.18. The first kappa shape index (κ1) is 15.4. The van der Waals surface area contributed by atoms with Gasteiger partial charge in [0.25, 0.3) is 0 Å². The molecule has 0 saturated carbocycles. The SMILES string of the molecule is COc1ccccc1C(C)NC(C)c1cc(C)ccc1O. The van der Waals surface area contributed by atoms with Crippen molar-refractivity contribution in [1.82, 2.24) is 5.32 Å². The fourth-order valence-electron chi connectivity index (χ4n) is 2.60. The van der Waals surface area contributed by atoms with Crippen LogP contribution < -0.4 is 10.1 Å². The predicted octanol–water partition coefficient (Wildman–Crippen LogP) is 4.12. The number of ether oxygens (including phenoxy) is 1. The summed E-state index contributed by atoms with van der Waals surface area (Å²) in [5.41, 5.74) is 3.16. The number of hydrogen-bond acceptors (Lipinski definition) is 3. The minimum absolute atomic E-state index is 0.0461. The van der Waals surface area contributed by atoms with Crippen molar-refractivity contribution < 1.29 is 9.84 Å². The molecule has 2 atom stereocenters. The lowest BCUT2D eigenvalue weighted by atomic mass is 10.0. The molecule has 0 aromatic heterocycles. The van der Waals surface area contributed by atoms with E-state index in [4.69, 9.17) is 4.74 Å². The molecule has 2 aromatic rings. The Labute approximate surface area is 126 Å². The molecular weight excluding hydrogens is 262 g/mol. The summed E-state index contributed by atoms with van der Waals surface area (Å²) < 4.78 is 5.41. The highest BCUT2D eigenvalue weighted by molar-refractivity contribution is 5.39. The van der Waals surface area contributed by atoms with Crippen LogP contribution in [0.2, 0.25) is 0 Å². The second kappa shape index (κ2) is 6.64. The zero-order chi connectivity index (χ0) is 15.4. The number of aryl methyl sites for hydroxylation is 1. The molecule has 2 N–H and O–H groups in total. The van der Waals surface area contributed by atoms with Gasteiger partial charge in [-0.15, -0.1) is 0 Å². The summed E-state index contributed by atoms with van der Waals surface area (Å²) in [5.74, 6) is 1.20. The predicted molar refractivity (Wildman–Crippen MR) is 85.8 cm³/mol. The van der Waals surface area contributed by atoms with Gasteiger partial charge in [-0.05, 0) is 32.9 Å². The molecule has 21 heavy (non-hydrogen) atoms. The Morgan fingerprint density at radius 2 is 1.67 bits per heavy atom. The van der Waals surface area contributed by atoms with E-state index >= 15 is 0 Å². The quantitative estimate of drug-likeness (QED) is 0.868. The molecule has 2 aromatic carbocycles. The number of hydrogen-bond donors (Lipinski definition) is 2. The second-order valence-corrected chi connectivity index (χ2v) is 5.41. The van der Waals surface area contributed by atoms with Crippen LogP contribution in [0.5, 0.6) is 11.5 Å². The molecule has 112 valence electrons. The summed E-state index contributed by atoms with van der Waals surface area (Å²) >= 11 is 0. The van der Waals surface area contributed by atoms with Gasteiger partial charge in [0.15, 0.2) is 0 Å². The van der Waals surface area contributed by atoms with Gasteiger partial charge in [0.1, 0.15) is 11.5 Å². The lowest BCUT2D eigenvalue weighted by Gasteiger charge is -2.23. The number of methoxy groups -OCH3 is 1. The molecule has 0 spiro atoms. The summed E-state index contributed by atoms with van der Waals surface area (Å²) in [6, 6.07) is 13.8. The van der Waals surface area contributed by atoms with E-state index < -0.39 is 0 Å². The molecule has 0 fully saturated rings. The highest BCUT2D eigenvalue weighted by Gasteiger charge is 2.16. The Kier molecular flexibility index (Phi) is 4.86. The lowest BCUT2D eigenvalue weighted by molar-refractivity contribution is 0.394. The van der Waals surface area contributed by atoms with Gasteiger partial charge in [-0.3, -0.25) is 0 Å². The van der Waals surface area contributed by atoms with Crippen molar-refractivity contribution in [2.45, 2.75) is 32.9 Å². The van der Waals surface area contributed by atoms with Crippen LogP contribution >= 0.6 is 0 Å². The lowest BCUT2D eigenvalue weighted by Crippen LogP contribution is -2.23. The van der Waals surface area contributed by atoms with Crippen LogP contribution in [0.25, 0.3) is 0 Å². The normalized spacial score (nSPS) is 13.7.